The van der Waals surface area contributed by atoms with E-state index in [1.807, 2.05) is 0 Å². The summed E-state index contributed by atoms with van der Waals surface area (Å²) in [6.07, 6.45) is 11.7. The molecule has 1 aliphatic heterocycles. The largest absolute Gasteiger partial charge is 0.328 e. The van der Waals surface area contributed by atoms with Crippen molar-refractivity contribution in [2.75, 3.05) is 13.1 Å². The summed E-state index contributed by atoms with van der Waals surface area (Å²) in [6, 6.07) is 0. The second-order valence-corrected chi connectivity index (χ2v) is 9.46. The fourth-order valence-corrected chi connectivity index (χ4v) is 6.77. The molecule has 25 heavy (non-hydrogen) atoms. The Kier molecular flexibility index (Phi) is 4.17. The monoisotopic (exact) mass is 358 g/mol. The van der Waals surface area contributed by atoms with Crippen LogP contribution in [0.4, 0.5) is 0 Å². The number of aromatic nitrogens is 2. The summed E-state index contributed by atoms with van der Waals surface area (Å²) in [7, 11) is 0. The Balaban J connectivity index is 1.39. The van der Waals surface area contributed by atoms with E-state index >= 15 is 0 Å². The lowest BCUT2D eigenvalue weighted by Crippen LogP contribution is -3.12. The van der Waals surface area contributed by atoms with Crippen LogP contribution in [0, 0.1) is 11.8 Å². The van der Waals surface area contributed by atoms with E-state index in [0.717, 1.165) is 47.3 Å². The van der Waals surface area contributed by atoms with Crippen LogP contribution in [0.25, 0.3) is 10.2 Å². The fraction of sp³-hybridized carbons (Fsp3) is 0.700. The van der Waals surface area contributed by atoms with Crippen LogP contribution >= 0.6 is 11.3 Å². The number of nitrogens with one attached hydrogen (secondary N) is 2. The van der Waals surface area contributed by atoms with Crippen LogP contribution in [-0.4, -0.2) is 23.1 Å². The summed E-state index contributed by atoms with van der Waals surface area (Å²) in [5.41, 5.74) is 1.40. The Morgan fingerprint density at radius 1 is 1.08 bits per heavy atom. The number of rotatable bonds is 2. The standard InChI is InChI=1S/C20H27N3OS/c24-19-18-15-7-3-4-8-16(15)25-20(18)22-17(21-19)12-23-10-9-13-5-1-2-6-14(13)11-23/h13-14H,1-12H2,(H,21,22,24)/p+1/t13-,14+/m0/s1. The van der Waals surface area contributed by atoms with Crippen molar-refractivity contribution in [2.45, 2.75) is 64.3 Å². The van der Waals surface area contributed by atoms with Gasteiger partial charge in [0.2, 0.25) is 0 Å². The van der Waals surface area contributed by atoms with Crippen LogP contribution in [-0.2, 0) is 19.4 Å². The van der Waals surface area contributed by atoms with E-state index in [1.54, 1.807) is 16.2 Å². The molecular weight excluding hydrogens is 330 g/mol. The molecule has 5 rings (SSSR count). The van der Waals surface area contributed by atoms with Crippen molar-refractivity contribution in [3.8, 4) is 0 Å². The Hall–Kier alpha value is -1.20. The van der Waals surface area contributed by atoms with Gasteiger partial charge in [0.1, 0.15) is 11.4 Å². The Morgan fingerprint density at radius 3 is 2.84 bits per heavy atom. The molecule has 0 amide bonds. The molecule has 0 aromatic carbocycles. The number of aromatic amines is 1. The van der Waals surface area contributed by atoms with Gasteiger partial charge in [0.15, 0.2) is 5.82 Å². The first kappa shape index (κ1) is 16.0. The van der Waals surface area contributed by atoms with E-state index in [1.165, 1.54) is 68.5 Å². The lowest BCUT2D eigenvalue weighted by molar-refractivity contribution is -0.924. The van der Waals surface area contributed by atoms with Gasteiger partial charge in [0, 0.05) is 10.8 Å². The van der Waals surface area contributed by atoms with Crippen LogP contribution in [0.1, 0.15) is 61.2 Å². The SMILES string of the molecule is O=c1[nH]c(C[NH+]2CC[C@@H]3CCCC[C@@H]3C2)nc2sc3c(c12)CCCC3. The van der Waals surface area contributed by atoms with Gasteiger partial charge in [-0.05, 0) is 56.4 Å². The van der Waals surface area contributed by atoms with Gasteiger partial charge in [0.25, 0.3) is 5.56 Å². The van der Waals surface area contributed by atoms with Crippen molar-refractivity contribution < 1.29 is 4.90 Å². The first-order valence-electron chi connectivity index (χ1n) is 10.1. The Morgan fingerprint density at radius 2 is 1.92 bits per heavy atom. The van der Waals surface area contributed by atoms with E-state index in [-0.39, 0.29) is 5.56 Å². The van der Waals surface area contributed by atoms with E-state index < -0.39 is 0 Å². The molecule has 3 aliphatic rings. The zero-order chi connectivity index (χ0) is 16.8. The number of hydrogen-bond donors (Lipinski definition) is 2. The van der Waals surface area contributed by atoms with E-state index in [2.05, 4.69) is 4.98 Å². The van der Waals surface area contributed by atoms with E-state index in [9.17, 15) is 4.79 Å². The zero-order valence-corrected chi connectivity index (χ0v) is 15.7. The predicted molar refractivity (Wildman–Crippen MR) is 101 cm³/mol. The van der Waals surface area contributed by atoms with Crippen molar-refractivity contribution in [2.24, 2.45) is 11.8 Å². The minimum absolute atomic E-state index is 0.103. The Labute approximate surface area is 152 Å². The van der Waals surface area contributed by atoms with Crippen LogP contribution in [0.3, 0.4) is 0 Å². The van der Waals surface area contributed by atoms with Gasteiger partial charge in [-0.25, -0.2) is 4.98 Å². The molecule has 2 fully saturated rings. The van der Waals surface area contributed by atoms with Crippen molar-refractivity contribution in [3.05, 3.63) is 26.6 Å². The van der Waals surface area contributed by atoms with Gasteiger partial charge >= 0.3 is 0 Å². The predicted octanol–water partition coefficient (Wildman–Crippen LogP) is 2.46. The summed E-state index contributed by atoms with van der Waals surface area (Å²) < 4.78 is 0. The first-order chi connectivity index (χ1) is 12.3. The van der Waals surface area contributed by atoms with Crippen LogP contribution in [0.2, 0.25) is 0 Å². The second-order valence-electron chi connectivity index (χ2n) is 8.38. The molecule has 0 radical (unpaired) electrons. The number of hydrogen-bond acceptors (Lipinski definition) is 3. The van der Waals surface area contributed by atoms with Gasteiger partial charge < -0.3 is 9.88 Å². The van der Waals surface area contributed by atoms with Crippen LogP contribution in [0.15, 0.2) is 4.79 Å². The average Bonchev–Trinajstić information content (AvgIpc) is 3.00. The molecule has 3 heterocycles. The molecule has 5 heteroatoms. The van der Waals surface area contributed by atoms with Gasteiger partial charge in [-0.15, -0.1) is 11.3 Å². The number of thiophene rings is 1. The van der Waals surface area contributed by atoms with Crippen LogP contribution < -0.4 is 10.5 Å². The van der Waals surface area contributed by atoms with Gasteiger partial charge in [0.05, 0.1) is 18.5 Å². The third kappa shape index (κ3) is 2.95. The molecule has 2 aliphatic carbocycles. The number of piperidine rings is 1. The topological polar surface area (TPSA) is 50.2 Å². The molecule has 1 saturated carbocycles. The fourth-order valence-electron chi connectivity index (χ4n) is 5.49. The summed E-state index contributed by atoms with van der Waals surface area (Å²) in [4.78, 5) is 24.7. The maximum Gasteiger partial charge on any atom is 0.260 e. The molecule has 1 unspecified atom stereocenters. The quantitative estimate of drug-likeness (QED) is 0.866. The molecule has 2 N–H and O–H groups in total. The minimum atomic E-state index is 0.103. The smallest absolute Gasteiger partial charge is 0.260 e. The minimum Gasteiger partial charge on any atom is -0.328 e. The second kappa shape index (κ2) is 6.51. The molecule has 3 atom stereocenters. The molecule has 2 aromatic heterocycles. The number of nitrogens with zero attached hydrogens (tertiary/aromatic N) is 1. The van der Waals surface area contributed by atoms with Crippen molar-refractivity contribution in [3.63, 3.8) is 0 Å². The third-order valence-corrected chi connectivity index (χ3v) is 7.96. The van der Waals surface area contributed by atoms with Gasteiger partial charge in [-0.3, -0.25) is 4.79 Å². The highest BCUT2D eigenvalue weighted by molar-refractivity contribution is 7.18. The molecule has 0 bridgehead atoms. The number of quaternary nitrogens is 1. The van der Waals surface area contributed by atoms with E-state index in [0.29, 0.717) is 0 Å². The van der Waals surface area contributed by atoms with Gasteiger partial charge in [-0.2, -0.15) is 0 Å². The summed E-state index contributed by atoms with van der Waals surface area (Å²) >= 11 is 1.77. The number of fused-ring (bicyclic) bond motifs is 4. The average molecular weight is 359 g/mol. The highest BCUT2D eigenvalue weighted by Crippen LogP contribution is 2.34. The molecule has 4 nitrogen and oxygen atoms in total. The van der Waals surface area contributed by atoms with Crippen LogP contribution in [0.5, 0.6) is 0 Å². The molecule has 0 spiro atoms. The lowest BCUT2D eigenvalue weighted by Gasteiger charge is -2.38. The zero-order valence-electron chi connectivity index (χ0n) is 14.9. The summed E-state index contributed by atoms with van der Waals surface area (Å²) in [5, 5.41) is 0.893. The van der Waals surface area contributed by atoms with Crippen molar-refractivity contribution in [1.82, 2.24) is 9.97 Å². The molecular formula is C20H28N3OS+. The number of aryl methyl sites for hydroxylation is 2. The lowest BCUT2D eigenvalue weighted by atomic mass is 9.75. The highest BCUT2D eigenvalue weighted by atomic mass is 32.1. The molecule has 1 saturated heterocycles. The summed E-state index contributed by atoms with van der Waals surface area (Å²) in [6.45, 7) is 3.40. The molecule has 134 valence electrons. The number of likely N-dealkylation sites (tertiary alicyclic amines) is 1. The first-order valence-corrected chi connectivity index (χ1v) is 11.0. The molecule has 2 aromatic rings. The normalized spacial score (nSPS) is 29.4. The number of H-pyrrole nitrogens is 1. The van der Waals surface area contributed by atoms with Crippen molar-refractivity contribution in [1.29, 1.82) is 0 Å². The summed E-state index contributed by atoms with van der Waals surface area (Å²) in [5.74, 6) is 2.78. The third-order valence-electron chi connectivity index (χ3n) is 6.78. The van der Waals surface area contributed by atoms with Gasteiger partial charge in [-0.1, -0.05) is 12.8 Å². The van der Waals surface area contributed by atoms with E-state index in [4.69, 9.17) is 4.98 Å². The Bertz CT molecular complexity index is 839. The highest BCUT2D eigenvalue weighted by Gasteiger charge is 2.34. The van der Waals surface area contributed by atoms with Crippen molar-refractivity contribution >= 4 is 21.6 Å². The maximum atomic E-state index is 12.7. The maximum absolute atomic E-state index is 12.7.